The van der Waals surface area contributed by atoms with Gasteiger partial charge in [0, 0.05) is 24.9 Å². The topological polar surface area (TPSA) is 42.0 Å². The Bertz CT molecular complexity index is 510. The minimum atomic E-state index is 0.0576. The molecule has 23 heavy (non-hydrogen) atoms. The molecule has 2 rings (SSSR count). The van der Waals surface area contributed by atoms with Crippen molar-refractivity contribution >= 4 is 17.7 Å². The van der Waals surface area contributed by atoms with Gasteiger partial charge in [-0.3, -0.25) is 4.79 Å². The van der Waals surface area contributed by atoms with E-state index in [2.05, 4.69) is 4.90 Å². The summed E-state index contributed by atoms with van der Waals surface area (Å²) in [5.41, 5.74) is 0. The highest BCUT2D eigenvalue weighted by Gasteiger charge is 2.26. The largest absolute Gasteiger partial charge is 0.497 e. The second kappa shape index (κ2) is 9.03. The molecule has 1 aliphatic rings. The van der Waals surface area contributed by atoms with E-state index >= 15 is 0 Å². The number of methoxy groups -OCH3 is 1. The van der Waals surface area contributed by atoms with Gasteiger partial charge >= 0.3 is 0 Å². The Morgan fingerprint density at radius 2 is 2.17 bits per heavy atom. The average molecular weight is 338 g/mol. The van der Waals surface area contributed by atoms with Crippen molar-refractivity contribution < 1.29 is 14.3 Å². The Morgan fingerprint density at radius 3 is 2.91 bits per heavy atom. The highest BCUT2D eigenvalue weighted by molar-refractivity contribution is 7.99. The molecule has 1 atom stereocenters. The first-order valence-corrected chi connectivity index (χ1v) is 9.04. The van der Waals surface area contributed by atoms with Crippen molar-refractivity contribution in [2.75, 3.05) is 52.4 Å². The van der Waals surface area contributed by atoms with Gasteiger partial charge in [-0.05, 0) is 38.4 Å². The zero-order valence-corrected chi connectivity index (χ0v) is 15.0. The fourth-order valence-corrected chi connectivity index (χ4v) is 3.71. The van der Waals surface area contributed by atoms with E-state index in [1.54, 1.807) is 13.2 Å². The maximum absolute atomic E-state index is 12.6. The van der Waals surface area contributed by atoms with E-state index in [9.17, 15) is 4.79 Å². The van der Waals surface area contributed by atoms with E-state index < -0.39 is 0 Å². The number of ether oxygens (including phenoxy) is 2. The Balaban J connectivity index is 1.95. The van der Waals surface area contributed by atoms with Crippen molar-refractivity contribution in [1.29, 1.82) is 0 Å². The lowest BCUT2D eigenvalue weighted by atomic mass is 10.2. The molecule has 1 aromatic carbocycles. The van der Waals surface area contributed by atoms with Gasteiger partial charge in [0.05, 0.1) is 13.2 Å². The Labute approximate surface area is 142 Å². The van der Waals surface area contributed by atoms with Gasteiger partial charge in [0.15, 0.2) is 6.61 Å². The van der Waals surface area contributed by atoms with E-state index in [-0.39, 0.29) is 18.6 Å². The third kappa shape index (κ3) is 5.62. The molecule has 5 nitrogen and oxygen atoms in total. The van der Waals surface area contributed by atoms with E-state index in [4.69, 9.17) is 9.47 Å². The van der Waals surface area contributed by atoms with Crippen molar-refractivity contribution in [2.45, 2.75) is 12.5 Å². The van der Waals surface area contributed by atoms with Crippen LogP contribution in [0.1, 0.15) is 6.42 Å². The smallest absolute Gasteiger partial charge is 0.260 e. The first-order valence-electron chi connectivity index (χ1n) is 7.89. The molecule has 0 N–H and O–H groups in total. The van der Waals surface area contributed by atoms with Crippen molar-refractivity contribution in [3.05, 3.63) is 24.3 Å². The summed E-state index contributed by atoms with van der Waals surface area (Å²) in [7, 11) is 5.71. The van der Waals surface area contributed by atoms with Crippen molar-refractivity contribution in [1.82, 2.24) is 9.80 Å². The van der Waals surface area contributed by atoms with Crippen LogP contribution in [0.15, 0.2) is 24.3 Å². The van der Waals surface area contributed by atoms with Gasteiger partial charge < -0.3 is 19.3 Å². The summed E-state index contributed by atoms with van der Waals surface area (Å²) in [6.07, 6.45) is 1.04. The molecule has 0 aliphatic carbocycles. The molecule has 1 saturated heterocycles. The van der Waals surface area contributed by atoms with Gasteiger partial charge in [0.1, 0.15) is 11.5 Å². The molecule has 6 heteroatoms. The van der Waals surface area contributed by atoms with Crippen LogP contribution in [-0.4, -0.2) is 74.2 Å². The lowest BCUT2D eigenvalue weighted by molar-refractivity contribution is -0.135. The standard InChI is InChI=1S/C17H26N2O3S/c1-18(2)11-14-13-23-9-5-8-19(14)17(20)12-22-16-7-4-6-15(10-16)21-3/h4,6-7,10,14H,5,8-9,11-13H2,1-3H3. The average Bonchev–Trinajstić information content (AvgIpc) is 2.77. The monoisotopic (exact) mass is 338 g/mol. The van der Waals surface area contributed by atoms with Crippen LogP contribution >= 0.6 is 11.8 Å². The van der Waals surface area contributed by atoms with Crippen molar-refractivity contribution in [3.63, 3.8) is 0 Å². The van der Waals surface area contributed by atoms with E-state index in [1.807, 2.05) is 49.0 Å². The second-order valence-electron chi connectivity index (χ2n) is 5.90. The number of nitrogens with zero attached hydrogens (tertiary/aromatic N) is 2. The number of carbonyl (C=O) groups excluding carboxylic acids is 1. The van der Waals surface area contributed by atoms with Crippen LogP contribution in [0.2, 0.25) is 0 Å². The maximum Gasteiger partial charge on any atom is 0.260 e. The highest BCUT2D eigenvalue weighted by Crippen LogP contribution is 2.20. The molecule has 1 amide bonds. The number of hydrogen-bond donors (Lipinski definition) is 0. The molecule has 0 radical (unpaired) electrons. The van der Waals surface area contributed by atoms with Gasteiger partial charge in [-0.25, -0.2) is 0 Å². The summed E-state index contributed by atoms with van der Waals surface area (Å²) in [5, 5.41) is 0. The summed E-state index contributed by atoms with van der Waals surface area (Å²) < 4.78 is 10.8. The summed E-state index contributed by atoms with van der Waals surface area (Å²) >= 11 is 1.93. The molecule has 1 aliphatic heterocycles. The molecule has 0 bridgehead atoms. The third-order valence-electron chi connectivity index (χ3n) is 3.74. The normalized spacial score (nSPS) is 18.6. The van der Waals surface area contributed by atoms with Crippen LogP contribution in [0.3, 0.4) is 0 Å². The number of rotatable bonds is 6. The minimum Gasteiger partial charge on any atom is -0.497 e. The number of carbonyl (C=O) groups is 1. The predicted molar refractivity (Wildman–Crippen MR) is 94.5 cm³/mol. The van der Waals surface area contributed by atoms with Crippen LogP contribution in [0.4, 0.5) is 0 Å². The molecular formula is C17H26N2O3S. The lowest BCUT2D eigenvalue weighted by Crippen LogP contribution is -2.48. The van der Waals surface area contributed by atoms with Gasteiger partial charge in [-0.15, -0.1) is 0 Å². The first-order chi connectivity index (χ1) is 11.1. The van der Waals surface area contributed by atoms with Crippen molar-refractivity contribution in [3.8, 4) is 11.5 Å². The van der Waals surface area contributed by atoms with E-state index in [1.165, 1.54) is 0 Å². The Hall–Kier alpha value is -1.40. The Kier molecular flexibility index (Phi) is 7.05. The molecule has 1 heterocycles. The van der Waals surface area contributed by atoms with Crippen LogP contribution in [0.5, 0.6) is 11.5 Å². The second-order valence-corrected chi connectivity index (χ2v) is 7.05. The first kappa shape index (κ1) is 17.9. The highest BCUT2D eigenvalue weighted by atomic mass is 32.2. The minimum absolute atomic E-state index is 0.0576. The number of likely N-dealkylation sites (N-methyl/N-ethyl adjacent to an activating group) is 1. The molecule has 1 fully saturated rings. The molecule has 128 valence electrons. The summed E-state index contributed by atoms with van der Waals surface area (Å²) in [4.78, 5) is 16.7. The van der Waals surface area contributed by atoms with Gasteiger partial charge in [-0.2, -0.15) is 11.8 Å². The summed E-state index contributed by atoms with van der Waals surface area (Å²) in [6, 6.07) is 7.59. The van der Waals surface area contributed by atoms with Gasteiger partial charge in [0.25, 0.3) is 5.91 Å². The zero-order valence-electron chi connectivity index (χ0n) is 14.2. The van der Waals surface area contributed by atoms with E-state index in [0.29, 0.717) is 5.75 Å². The fourth-order valence-electron chi connectivity index (χ4n) is 2.65. The van der Waals surface area contributed by atoms with Crippen LogP contribution in [-0.2, 0) is 4.79 Å². The Morgan fingerprint density at radius 1 is 1.39 bits per heavy atom. The number of hydrogen-bond acceptors (Lipinski definition) is 5. The predicted octanol–water partition coefficient (Wildman–Crippen LogP) is 1.97. The third-order valence-corrected chi connectivity index (χ3v) is 4.94. The molecule has 0 aromatic heterocycles. The van der Waals surface area contributed by atoms with Gasteiger partial charge in [0.2, 0.25) is 0 Å². The quantitative estimate of drug-likeness (QED) is 0.793. The fraction of sp³-hybridized carbons (Fsp3) is 0.588. The lowest BCUT2D eigenvalue weighted by Gasteiger charge is -2.31. The molecule has 1 unspecified atom stereocenters. The van der Waals surface area contributed by atoms with Crippen LogP contribution in [0.25, 0.3) is 0 Å². The van der Waals surface area contributed by atoms with E-state index in [0.717, 1.165) is 36.8 Å². The van der Waals surface area contributed by atoms with Crippen LogP contribution < -0.4 is 9.47 Å². The molecule has 0 spiro atoms. The molecule has 1 aromatic rings. The number of thioether (sulfide) groups is 1. The maximum atomic E-state index is 12.6. The molecular weight excluding hydrogens is 312 g/mol. The van der Waals surface area contributed by atoms with Crippen molar-refractivity contribution in [2.24, 2.45) is 0 Å². The van der Waals surface area contributed by atoms with Gasteiger partial charge in [-0.1, -0.05) is 6.07 Å². The summed E-state index contributed by atoms with van der Waals surface area (Å²) in [6.45, 7) is 1.77. The summed E-state index contributed by atoms with van der Waals surface area (Å²) in [5.74, 6) is 3.55. The van der Waals surface area contributed by atoms with Crippen LogP contribution in [0, 0.1) is 0 Å². The SMILES string of the molecule is COc1cccc(OCC(=O)N2CCCSCC2CN(C)C)c1. The molecule has 0 saturated carbocycles. The zero-order chi connectivity index (χ0) is 16.7. The number of amides is 1. The number of benzene rings is 1.